The zero-order valence-corrected chi connectivity index (χ0v) is 29.9. The molecule has 0 unspecified atom stereocenters. The standard InChI is InChI=1S/C54H32O/c1-2-14-39-33(12-1)13-11-23-42(39)52-46-20-8-6-18-44(46)51(45-19-7-9-21-47(45)52)38-27-26-34-30-35(24-25-36(34)31-38)37-28-29-49-50(32-37)55-54-48-22-10-4-16-41(48)40-15-3-5-17-43(40)53(49)54/h1-32H. The summed E-state index contributed by atoms with van der Waals surface area (Å²) in [5.74, 6) is 0. The summed E-state index contributed by atoms with van der Waals surface area (Å²) in [6.45, 7) is 0. The molecule has 0 saturated carbocycles. The number of furan rings is 1. The summed E-state index contributed by atoms with van der Waals surface area (Å²) in [6.07, 6.45) is 0. The van der Waals surface area contributed by atoms with Crippen molar-refractivity contribution in [3.05, 3.63) is 194 Å². The maximum Gasteiger partial charge on any atom is 0.143 e. The van der Waals surface area contributed by atoms with Crippen molar-refractivity contribution in [1.82, 2.24) is 0 Å². The van der Waals surface area contributed by atoms with Crippen LogP contribution >= 0.6 is 0 Å². The summed E-state index contributed by atoms with van der Waals surface area (Å²) in [5, 5.41) is 17.2. The fourth-order valence-corrected chi connectivity index (χ4v) is 9.34. The first-order valence-electron chi connectivity index (χ1n) is 19.0. The van der Waals surface area contributed by atoms with E-state index in [0.29, 0.717) is 0 Å². The normalized spacial score (nSPS) is 12.0. The topological polar surface area (TPSA) is 13.1 Å². The van der Waals surface area contributed by atoms with Crippen molar-refractivity contribution >= 4 is 86.6 Å². The van der Waals surface area contributed by atoms with Crippen LogP contribution < -0.4 is 0 Å². The van der Waals surface area contributed by atoms with Gasteiger partial charge in [0.2, 0.25) is 0 Å². The van der Waals surface area contributed by atoms with Gasteiger partial charge in [-0.1, -0.05) is 170 Å². The van der Waals surface area contributed by atoms with E-state index in [9.17, 15) is 0 Å². The third kappa shape index (κ3) is 4.48. The van der Waals surface area contributed by atoms with E-state index >= 15 is 0 Å². The fraction of sp³-hybridized carbons (Fsp3) is 0. The van der Waals surface area contributed by atoms with Gasteiger partial charge in [-0.3, -0.25) is 0 Å². The average molecular weight is 697 g/mol. The second-order valence-electron chi connectivity index (χ2n) is 14.8. The van der Waals surface area contributed by atoms with Gasteiger partial charge in [-0.15, -0.1) is 0 Å². The van der Waals surface area contributed by atoms with Gasteiger partial charge in [-0.25, -0.2) is 0 Å². The second kappa shape index (κ2) is 11.6. The van der Waals surface area contributed by atoms with Crippen molar-refractivity contribution in [3.63, 3.8) is 0 Å². The van der Waals surface area contributed by atoms with Gasteiger partial charge in [0.05, 0.1) is 0 Å². The summed E-state index contributed by atoms with van der Waals surface area (Å²) < 4.78 is 6.72. The first kappa shape index (κ1) is 30.3. The van der Waals surface area contributed by atoms with Crippen LogP contribution in [0.2, 0.25) is 0 Å². The monoisotopic (exact) mass is 696 g/mol. The highest BCUT2D eigenvalue weighted by atomic mass is 16.3. The van der Waals surface area contributed by atoms with E-state index in [2.05, 4.69) is 194 Å². The van der Waals surface area contributed by atoms with Gasteiger partial charge in [0.15, 0.2) is 0 Å². The third-order valence-corrected chi connectivity index (χ3v) is 11.8. The van der Waals surface area contributed by atoms with Gasteiger partial charge in [0.1, 0.15) is 11.2 Å². The minimum absolute atomic E-state index is 0.912. The summed E-state index contributed by atoms with van der Waals surface area (Å²) in [6, 6.07) is 71.0. The summed E-state index contributed by atoms with van der Waals surface area (Å²) in [5.41, 5.74) is 9.25. The second-order valence-corrected chi connectivity index (χ2v) is 14.8. The molecule has 0 aliphatic heterocycles. The van der Waals surface area contributed by atoms with E-state index in [1.165, 1.54) is 92.5 Å². The number of benzene rings is 11. The Morgan fingerprint density at radius 3 is 1.47 bits per heavy atom. The van der Waals surface area contributed by atoms with Gasteiger partial charge in [0.25, 0.3) is 0 Å². The first-order valence-corrected chi connectivity index (χ1v) is 19.0. The number of fused-ring (bicyclic) bond motifs is 12. The van der Waals surface area contributed by atoms with E-state index in [-0.39, 0.29) is 0 Å². The van der Waals surface area contributed by atoms with Crippen LogP contribution in [0, 0.1) is 0 Å². The van der Waals surface area contributed by atoms with E-state index in [1.807, 2.05) is 0 Å². The molecule has 55 heavy (non-hydrogen) atoms. The van der Waals surface area contributed by atoms with Crippen LogP contribution in [-0.4, -0.2) is 0 Å². The summed E-state index contributed by atoms with van der Waals surface area (Å²) >= 11 is 0. The molecule has 0 amide bonds. The molecule has 0 aliphatic carbocycles. The van der Waals surface area contributed by atoms with Gasteiger partial charge in [0, 0.05) is 16.2 Å². The highest BCUT2D eigenvalue weighted by Crippen LogP contribution is 2.46. The Balaban J connectivity index is 1.01. The predicted octanol–water partition coefficient (Wildman–Crippen LogP) is 15.5. The Morgan fingerprint density at radius 2 is 0.764 bits per heavy atom. The molecule has 12 aromatic rings. The van der Waals surface area contributed by atoms with Crippen molar-refractivity contribution in [3.8, 4) is 33.4 Å². The minimum atomic E-state index is 0.912. The first-order chi connectivity index (χ1) is 27.3. The molecule has 12 rings (SSSR count). The molecule has 1 nitrogen and oxygen atoms in total. The molecule has 1 heteroatoms. The molecule has 0 bridgehead atoms. The van der Waals surface area contributed by atoms with Gasteiger partial charge >= 0.3 is 0 Å². The molecular weight excluding hydrogens is 665 g/mol. The van der Waals surface area contributed by atoms with E-state index < -0.39 is 0 Å². The Labute approximate surface area is 317 Å². The Hall–Kier alpha value is -7.22. The van der Waals surface area contributed by atoms with E-state index in [1.54, 1.807) is 0 Å². The van der Waals surface area contributed by atoms with E-state index in [4.69, 9.17) is 4.42 Å². The van der Waals surface area contributed by atoms with Gasteiger partial charge in [-0.05, 0) is 117 Å². The van der Waals surface area contributed by atoms with Crippen LogP contribution in [0.25, 0.3) is 120 Å². The lowest BCUT2D eigenvalue weighted by Gasteiger charge is -2.19. The van der Waals surface area contributed by atoms with Crippen LogP contribution in [0.1, 0.15) is 0 Å². The van der Waals surface area contributed by atoms with Crippen molar-refractivity contribution in [1.29, 1.82) is 0 Å². The van der Waals surface area contributed by atoms with Gasteiger partial charge in [-0.2, -0.15) is 0 Å². The largest absolute Gasteiger partial charge is 0.455 e. The third-order valence-electron chi connectivity index (χ3n) is 11.8. The van der Waals surface area contributed by atoms with Crippen LogP contribution in [-0.2, 0) is 0 Å². The molecule has 0 aliphatic rings. The average Bonchev–Trinajstić information content (AvgIpc) is 3.65. The minimum Gasteiger partial charge on any atom is -0.455 e. The Morgan fingerprint density at radius 1 is 0.273 bits per heavy atom. The Bertz CT molecular complexity index is 3490. The predicted molar refractivity (Wildman–Crippen MR) is 235 cm³/mol. The molecule has 0 spiro atoms. The maximum atomic E-state index is 6.72. The van der Waals surface area contributed by atoms with Crippen molar-refractivity contribution in [2.75, 3.05) is 0 Å². The van der Waals surface area contributed by atoms with Crippen LogP contribution in [0.5, 0.6) is 0 Å². The molecule has 1 aromatic heterocycles. The van der Waals surface area contributed by atoms with Crippen molar-refractivity contribution in [2.24, 2.45) is 0 Å². The molecule has 254 valence electrons. The Kier molecular flexibility index (Phi) is 6.40. The molecule has 0 N–H and O–H groups in total. The quantitative estimate of drug-likeness (QED) is 0.132. The summed E-state index contributed by atoms with van der Waals surface area (Å²) in [7, 11) is 0. The highest BCUT2D eigenvalue weighted by Gasteiger charge is 2.19. The molecule has 0 radical (unpaired) electrons. The molecule has 11 aromatic carbocycles. The van der Waals surface area contributed by atoms with Crippen molar-refractivity contribution < 1.29 is 4.42 Å². The van der Waals surface area contributed by atoms with Crippen molar-refractivity contribution in [2.45, 2.75) is 0 Å². The molecule has 0 atom stereocenters. The maximum absolute atomic E-state index is 6.72. The molecule has 0 fully saturated rings. The fourth-order valence-electron chi connectivity index (χ4n) is 9.34. The zero-order valence-electron chi connectivity index (χ0n) is 29.9. The lowest BCUT2D eigenvalue weighted by Crippen LogP contribution is -1.91. The van der Waals surface area contributed by atoms with Crippen LogP contribution in [0.4, 0.5) is 0 Å². The lowest BCUT2D eigenvalue weighted by molar-refractivity contribution is 0.673. The lowest BCUT2D eigenvalue weighted by atomic mass is 9.84. The summed E-state index contributed by atoms with van der Waals surface area (Å²) in [4.78, 5) is 0. The number of rotatable bonds is 3. The van der Waals surface area contributed by atoms with Gasteiger partial charge < -0.3 is 4.42 Å². The van der Waals surface area contributed by atoms with E-state index in [0.717, 1.165) is 27.5 Å². The number of hydrogen-bond donors (Lipinski definition) is 0. The van der Waals surface area contributed by atoms with Crippen LogP contribution in [0.3, 0.4) is 0 Å². The number of hydrogen-bond acceptors (Lipinski definition) is 1. The smallest absolute Gasteiger partial charge is 0.143 e. The van der Waals surface area contributed by atoms with Crippen LogP contribution in [0.15, 0.2) is 199 Å². The zero-order chi connectivity index (χ0) is 36.0. The molecule has 1 heterocycles. The highest BCUT2D eigenvalue weighted by molar-refractivity contribution is 6.30. The molecule has 0 saturated heterocycles. The SMILES string of the molecule is c1ccc2c(-c3c4ccccc4c(-c4ccc5cc(-c6ccc7c(c6)oc6c8ccccc8c8ccccc8c76)ccc5c4)c4ccccc34)cccc2c1. The molecular formula is C54H32O.